The van der Waals surface area contributed by atoms with E-state index in [2.05, 4.69) is 10.6 Å². The van der Waals surface area contributed by atoms with Crippen LogP contribution in [0.2, 0.25) is 0 Å². The van der Waals surface area contributed by atoms with E-state index < -0.39 is 36.3 Å². The Kier molecular flexibility index (Phi) is 4.63. The third-order valence-electron chi connectivity index (χ3n) is 2.70. The Labute approximate surface area is 93.1 Å². The number of β-amino-alcohol motifs (C(OH)–C–C–N with tert-alkyl or cyclic N) is 1. The number of hydrogen-bond donors (Lipinski definition) is 6. The molecule has 1 rings (SSSR count). The Morgan fingerprint density at radius 2 is 2.00 bits per heavy atom. The molecule has 1 aliphatic heterocycles. The Bertz CT molecular complexity index is 250. The van der Waals surface area contributed by atoms with Crippen molar-refractivity contribution in [1.29, 1.82) is 0 Å². The fourth-order valence-corrected chi connectivity index (χ4v) is 1.79. The lowest BCUT2D eigenvalue weighted by molar-refractivity contribution is -0.123. The van der Waals surface area contributed by atoms with Crippen LogP contribution in [0.3, 0.4) is 0 Å². The van der Waals surface area contributed by atoms with Gasteiger partial charge in [-0.25, -0.2) is 0 Å². The topological polar surface area (TPSA) is 122 Å². The highest BCUT2D eigenvalue weighted by molar-refractivity contribution is 5.73. The largest absolute Gasteiger partial charge is 0.395 e. The molecule has 0 bridgehead atoms. The molecule has 7 nitrogen and oxygen atoms in total. The van der Waals surface area contributed by atoms with Crippen LogP contribution >= 0.6 is 0 Å². The van der Waals surface area contributed by atoms with E-state index in [1.807, 2.05) is 0 Å². The van der Waals surface area contributed by atoms with Crippen molar-refractivity contribution in [3.05, 3.63) is 0 Å². The standard InChI is InChI=1S/C9H18N2O5/c1-4(13)11-7-6(14)2-10-5(3-12)8(15)9(7)16/h5-10,12,14-16H,2-3H2,1H3,(H,11,13)/t5-,6-,7+,8-,9-/m1/s1. The van der Waals surface area contributed by atoms with Crippen molar-refractivity contribution in [2.24, 2.45) is 0 Å². The Morgan fingerprint density at radius 3 is 2.50 bits per heavy atom. The minimum Gasteiger partial charge on any atom is -0.395 e. The summed E-state index contributed by atoms with van der Waals surface area (Å²) in [6, 6.07) is -1.67. The lowest BCUT2D eigenvalue weighted by Crippen LogP contribution is -2.55. The lowest BCUT2D eigenvalue weighted by Gasteiger charge is -2.28. The first-order valence-electron chi connectivity index (χ1n) is 5.13. The molecule has 5 atom stereocenters. The van der Waals surface area contributed by atoms with Crippen LogP contribution in [0.1, 0.15) is 6.92 Å². The van der Waals surface area contributed by atoms with E-state index in [0.29, 0.717) is 0 Å². The van der Waals surface area contributed by atoms with Crippen LogP contribution < -0.4 is 10.6 Å². The second kappa shape index (κ2) is 5.55. The molecule has 0 aromatic heterocycles. The molecule has 1 aliphatic rings. The number of nitrogens with one attached hydrogen (secondary N) is 2. The van der Waals surface area contributed by atoms with Crippen molar-refractivity contribution in [3.8, 4) is 0 Å². The first-order chi connectivity index (χ1) is 7.47. The molecule has 0 aromatic carbocycles. The molecule has 7 heteroatoms. The zero-order valence-corrected chi connectivity index (χ0v) is 9.00. The van der Waals surface area contributed by atoms with Crippen molar-refractivity contribution in [2.45, 2.75) is 37.3 Å². The second-order valence-electron chi connectivity index (χ2n) is 3.97. The number of carbonyl (C=O) groups is 1. The summed E-state index contributed by atoms with van der Waals surface area (Å²) in [6.45, 7) is 0.968. The molecule has 16 heavy (non-hydrogen) atoms. The average molecular weight is 234 g/mol. The molecule has 0 spiro atoms. The Morgan fingerprint density at radius 1 is 1.38 bits per heavy atom. The summed E-state index contributed by atoms with van der Waals surface area (Å²) in [5.41, 5.74) is 0. The molecule has 1 heterocycles. The van der Waals surface area contributed by atoms with Gasteiger partial charge in [-0.3, -0.25) is 4.79 Å². The maximum atomic E-state index is 10.9. The molecule has 0 unspecified atom stereocenters. The van der Waals surface area contributed by atoms with Crippen LogP contribution in [0.5, 0.6) is 0 Å². The second-order valence-corrected chi connectivity index (χ2v) is 3.97. The monoisotopic (exact) mass is 234 g/mol. The molecule has 0 saturated carbocycles. The zero-order valence-electron chi connectivity index (χ0n) is 9.00. The number of rotatable bonds is 2. The van der Waals surface area contributed by atoms with E-state index >= 15 is 0 Å². The minimum absolute atomic E-state index is 0.0737. The molecule has 94 valence electrons. The molecule has 1 amide bonds. The van der Waals surface area contributed by atoms with Gasteiger partial charge in [-0.1, -0.05) is 0 Å². The number of aliphatic hydroxyl groups excluding tert-OH is 4. The Balaban J connectivity index is 2.78. The summed E-state index contributed by atoms with van der Waals surface area (Å²) < 4.78 is 0. The zero-order chi connectivity index (χ0) is 12.3. The maximum absolute atomic E-state index is 10.9. The summed E-state index contributed by atoms with van der Waals surface area (Å²) >= 11 is 0. The first kappa shape index (κ1) is 13.3. The minimum atomic E-state index is -1.33. The van der Waals surface area contributed by atoms with Gasteiger partial charge in [-0.2, -0.15) is 0 Å². The van der Waals surface area contributed by atoms with Gasteiger partial charge in [0.25, 0.3) is 0 Å². The van der Waals surface area contributed by atoms with Crippen LogP contribution in [0.4, 0.5) is 0 Å². The fourth-order valence-electron chi connectivity index (χ4n) is 1.79. The smallest absolute Gasteiger partial charge is 0.217 e. The van der Waals surface area contributed by atoms with E-state index in [1.165, 1.54) is 6.92 Å². The van der Waals surface area contributed by atoms with E-state index in [-0.39, 0.29) is 13.2 Å². The highest BCUT2D eigenvalue weighted by Crippen LogP contribution is 2.12. The van der Waals surface area contributed by atoms with Gasteiger partial charge in [0.15, 0.2) is 0 Å². The van der Waals surface area contributed by atoms with E-state index in [0.717, 1.165) is 0 Å². The summed E-state index contributed by atoms with van der Waals surface area (Å²) in [5.74, 6) is -0.405. The number of carbonyl (C=O) groups excluding carboxylic acids is 1. The molecule has 1 fully saturated rings. The highest BCUT2D eigenvalue weighted by atomic mass is 16.3. The van der Waals surface area contributed by atoms with Crippen molar-refractivity contribution >= 4 is 5.91 Å². The van der Waals surface area contributed by atoms with Gasteiger partial charge < -0.3 is 31.1 Å². The van der Waals surface area contributed by atoms with Gasteiger partial charge in [0.2, 0.25) is 5.91 Å². The summed E-state index contributed by atoms with van der Waals surface area (Å²) in [5, 5.41) is 43.2. The van der Waals surface area contributed by atoms with Crippen molar-refractivity contribution < 1.29 is 25.2 Å². The molecule has 6 N–H and O–H groups in total. The highest BCUT2D eigenvalue weighted by Gasteiger charge is 2.39. The van der Waals surface area contributed by atoms with Gasteiger partial charge in [0, 0.05) is 13.5 Å². The molecule has 0 radical (unpaired) electrons. The molecule has 0 aromatic rings. The van der Waals surface area contributed by atoms with Crippen molar-refractivity contribution in [2.75, 3.05) is 13.2 Å². The van der Waals surface area contributed by atoms with Crippen LogP contribution in [0.25, 0.3) is 0 Å². The predicted octanol–water partition coefficient (Wildman–Crippen LogP) is -3.46. The first-order valence-corrected chi connectivity index (χ1v) is 5.13. The molecular formula is C9H18N2O5. The van der Waals surface area contributed by atoms with Crippen molar-refractivity contribution in [1.82, 2.24) is 10.6 Å². The van der Waals surface area contributed by atoms with Crippen LogP contribution in [-0.2, 0) is 4.79 Å². The average Bonchev–Trinajstić information content (AvgIpc) is 2.32. The number of hydrogen-bond acceptors (Lipinski definition) is 6. The Hall–Kier alpha value is -0.730. The van der Waals surface area contributed by atoms with Crippen LogP contribution in [-0.4, -0.2) is 69.9 Å². The van der Waals surface area contributed by atoms with E-state index in [4.69, 9.17) is 5.11 Å². The fraction of sp³-hybridized carbons (Fsp3) is 0.889. The van der Waals surface area contributed by atoms with Gasteiger partial charge in [-0.05, 0) is 0 Å². The third-order valence-corrected chi connectivity index (χ3v) is 2.70. The summed E-state index contributed by atoms with van der Waals surface area (Å²) in [4.78, 5) is 10.9. The lowest BCUT2D eigenvalue weighted by atomic mass is 9.98. The van der Waals surface area contributed by atoms with Crippen LogP contribution in [0, 0.1) is 0 Å². The van der Waals surface area contributed by atoms with Crippen molar-refractivity contribution in [3.63, 3.8) is 0 Å². The molecular weight excluding hydrogens is 216 g/mol. The number of amides is 1. The predicted molar refractivity (Wildman–Crippen MR) is 54.5 cm³/mol. The number of aliphatic hydroxyl groups is 4. The molecule has 0 aliphatic carbocycles. The van der Waals surface area contributed by atoms with Gasteiger partial charge >= 0.3 is 0 Å². The summed E-state index contributed by atoms with van der Waals surface area (Å²) in [6.07, 6.45) is -3.60. The third kappa shape index (κ3) is 2.89. The maximum Gasteiger partial charge on any atom is 0.217 e. The van der Waals surface area contributed by atoms with E-state index in [1.54, 1.807) is 0 Å². The normalized spacial score (nSPS) is 40.2. The quantitative estimate of drug-likeness (QED) is 0.295. The van der Waals surface area contributed by atoms with Gasteiger partial charge in [0.1, 0.15) is 6.10 Å². The molecule has 1 saturated heterocycles. The van der Waals surface area contributed by atoms with Gasteiger partial charge in [0.05, 0.1) is 30.9 Å². The SMILES string of the molecule is CC(=O)N[C@@H]1[C@@H](O)[C@H](O)[C@@H](CO)NC[C@H]1O. The summed E-state index contributed by atoms with van der Waals surface area (Å²) in [7, 11) is 0. The van der Waals surface area contributed by atoms with Crippen LogP contribution in [0.15, 0.2) is 0 Å². The van der Waals surface area contributed by atoms with Gasteiger partial charge in [-0.15, -0.1) is 0 Å². The van der Waals surface area contributed by atoms with E-state index in [9.17, 15) is 20.1 Å².